The summed E-state index contributed by atoms with van der Waals surface area (Å²) in [5.74, 6) is 0.584. The van der Waals surface area contributed by atoms with Crippen molar-refractivity contribution in [2.24, 2.45) is 7.05 Å². The molecule has 0 amide bonds. The monoisotopic (exact) mass is 390 g/mol. The minimum atomic E-state index is -0.552. The molecule has 2 rings (SSSR count). The summed E-state index contributed by atoms with van der Waals surface area (Å²) in [6.07, 6.45) is 1.14. The second-order valence-corrected chi connectivity index (χ2v) is 6.53. The third kappa shape index (κ3) is 3.17. The van der Waals surface area contributed by atoms with Crippen molar-refractivity contribution in [2.75, 3.05) is 5.75 Å². The highest BCUT2D eigenvalue weighted by Crippen LogP contribution is 2.32. The lowest BCUT2D eigenvalue weighted by atomic mass is 10.3. The normalized spacial score (nSPS) is 12.7. The molecule has 0 aliphatic heterocycles. The van der Waals surface area contributed by atoms with Gasteiger partial charge in [-0.15, -0.1) is 11.8 Å². The van der Waals surface area contributed by atoms with Crippen LogP contribution in [0.3, 0.4) is 0 Å². The number of nitrogens with zero attached hydrogens (tertiary/aromatic N) is 2. The number of aliphatic hydroxyl groups excluding tert-OH is 1. The Bertz CT molecular complexity index is 525. The minimum absolute atomic E-state index is 0.552. The molecule has 0 fully saturated rings. The van der Waals surface area contributed by atoms with Crippen LogP contribution in [0.4, 0.5) is 0 Å². The molecular formula is C12H12Br2N2OS. The quantitative estimate of drug-likeness (QED) is 0.806. The lowest BCUT2D eigenvalue weighted by molar-refractivity contribution is 0.193. The fourth-order valence-corrected chi connectivity index (χ4v) is 3.72. The van der Waals surface area contributed by atoms with E-state index in [9.17, 15) is 5.11 Å². The van der Waals surface area contributed by atoms with Gasteiger partial charge in [0.05, 0.1) is 16.4 Å². The summed E-state index contributed by atoms with van der Waals surface area (Å²) < 4.78 is 3.58. The molecule has 0 bridgehead atoms. The van der Waals surface area contributed by atoms with Crippen molar-refractivity contribution >= 4 is 43.6 Å². The number of aromatic nitrogens is 2. The molecule has 18 heavy (non-hydrogen) atoms. The average molecular weight is 392 g/mol. The number of hydrogen-bond donors (Lipinski definition) is 1. The highest BCUT2D eigenvalue weighted by atomic mass is 79.9. The van der Waals surface area contributed by atoms with Gasteiger partial charge < -0.3 is 5.11 Å². The fraction of sp³-hybridized carbons (Fsp3) is 0.250. The van der Waals surface area contributed by atoms with Crippen molar-refractivity contribution in [2.45, 2.75) is 11.0 Å². The molecule has 1 heterocycles. The fourth-order valence-electron chi connectivity index (χ4n) is 1.60. The first kappa shape index (κ1) is 14.1. The standard InChI is InChI=1S/C12H12Br2N2OS/c1-16-12(9(14)6-15-16)10(17)7-18-11-5-3-2-4-8(11)13/h2-6,10,17H,7H2,1H3. The van der Waals surface area contributed by atoms with Crippen LogP contribution in [0.1, 0.15) is 11.8 Å². The maximum absolute atomic E-state index is 10.2. The third-order valence-corrected chi connectivity index (χ3v) is 5.20. The molecule has 0 saturated heterocycles. The van der Waals surface area contributed by atoms with Gasteiger partial charge in [0, 0.05) is 22.2 Å². The van der Waals surface area contributed by atoms with E-state index in [0.29, 0.717) is 5.75 Å². The Labute approximate surface area is 127 Å². The van der Waals surface area contributed by atoms with Gasteiger partial charge in [-0.25, -0.2) is 0 Å². The van der Waals surface area contributed by atoms with Gasteiger partial charge in [0.15, 0.2) is 0 Å². The predicted molar refractivity (Wildman–Crippen MR) is 80.7 cm³/mol. The van der Waals surface area contributed by atoms with Gasteiger partial charge in [0.25, 0.3) is 0 Å². The molecule has 1 unspecified atom stereocenters. The molecule has 1 aromatic heterocycles. The molecule has 0 saturated carbocycles. The predicted octanol–water partition coefficient (Wildman–Crippen LogP) is 3.77. The molecular weight excluding hydrogens is 380 g/mol. The molecule has 1 aromatic carbocycles. The zero-order valence-electron chi connectivity index (χ0n) is 9.68. The number of rotatable bonds is 4. The van der Waals surface area contributed by atoms with E-state index in [1.54, 1.807) is 22.6 Å². The van der Waals surface area contributed by atoms with Crippen LogP contribution in [-0.2, 0) is 7.05 Å². The first-order valence-electron chi connectivity index (χ1n) is 5.32. The summed E-state index contributed by atoms with van der Waals surface area (Å²) in [5.41, 5.74) is 0.801. The number of benzene rings is 1. The van der Waals surface area contributed by atoms with Gasteiger partial charge >= 0.3 is 0 Å². The van der Waals surface area contributed by atoms with E-state index < -0.39 is 6.10 Å². The minimum Gasteiger partial charge on any atom is -0.386 e. The van der Waals surface area contributed by atoms with Gasteiger partial charge in [0.1, 0.15) is 6.10 Å². The van der Waals surface area contributed by atoms with Crippen LogP contribution in [0.5, 0.6) is 0 Å². The van der Waals surface area contributed by atoms with E-state index in [4.69, 9.17) is 0 Å². The second kappa shape index (κ2) is 6.23. The van der Waals surface area contributed by atoms with Gasteiger partial charge in [-0.05, 0) is 44.0 Å². The summed E-state index contributed by atoms with van der Waals surface area (Å²) in [4.78, 5) is 1.12. The largest absolute Gasteiger partial charge is 0.386 e. The summed E-state index contributed by atoms with van der Waals surface area (Å²) in [6.45, 7) is 0. The Kier molecular flexibility index (Phi) is 4.89. The summed E-state index contributed by atoms with van der Waals surface area (Å²) in [7, 11) is 1.83. The molecule has 2 aromatic rings. The molecule has 96 valence electrons. The number of halogens is 2. The lowest BCUT2D eigenvalue weighted by Gasteiger charge is -2.12. The molecule has 6 heteroatoms. The smallest absolute Gasteiger partial charge is 0.106 e. The molecule has 3 nitrogen and oxygen atoms in total. The number of thioether (sulfide) groups is 1. The van der Waals surface area contributed by atoms with Gasteiger partial charge in [0.2, 0.25) is 0 Å². The van der Waals surface area contributed by atoms with Crippen molar-refractivity contribution in [3.63, 3.8) is 0 Å². The van der Waals surface area contributed by atoms with Crippen molar-refractivity contribution in [1.82, 2.24) is 9.78 Å². The summed E-state index contributed by atoms with van der Waals surface area (Å²) >= 11 is 8.50. The molecule has 1 atom stereocenters. The van der Waals surface area contributed by atoms with E-state index in [1.807, 2.05) is 31.3 Å². The molecule has 0 aliphatic carbocycles. The van der Waals surface area contributed by atoms with E-state index in [1.165, 1.54) is 0 Å². The molecule has 0 aliphatic rings. The van der Waals surface area contributed by atoms with Crippen LogP contribution < -0.4 is 0 Å². The van der Waals surface area contributed by atoms with Crippen molar-refractivity contribution in [3.05, 3.63) is 45.1 Å². The van der Waals surface area contributed by atoms with Crippen LogP contribution in [0.15, 0.2) is 44.3 Å². The number of aliphatic hydroxyl groups is 1. The van der Waals surface area contributed by atoms with Crippen molar-refractivity contribution < 1.29 is 5.11 Å². The average Bonchev–Trinajstić information content (AvgIpc) is 2.68. The van der Waals surface area contributed by atoms with E-state index in [2.05, 4.69) is 37.0 Å². The number of hydrogen-bond acceptors (Lipinski definition) is 3. The van der Waals surface area contributed by atoms with Gasteiger partial charge in [-0.3, -0.25) is 4.68 Å². The Balaban J connectivity index is 2.05. The SMILES string of the molecule is Cn1ncc(Br)c1C(O)CSc1ccccc1Br. The van der Waals surface area contributed by atoms with E-state index in [0.717, 1.165) is 19.5 Å². The molecule has 0 spiro atoms. The Morgan fingerprint density at radius 3 is 2.67 bits per heavy atom. The Morgan fingerprint density at radius 2 is 2.06 bits per heavy atom. The zero-order valence-corrected chi connectivity index (χ0v) is 13.7. The van der Waals surface area contributed by atoms with Crippen LogP contribution in [0, 0.1) is 0 Å². The first-order chi connectivity index (χ1) is 8.59. The van der Waals surface area contributed by atoms with Gasteiger partial charge in [-0.2, -0.15) is 5.10 Å². The van der Waals surface area contributed by atoms with Crippen molar-refractivity contribution in [1.29, 1.82) is 0 Å². The maximum Gasteiger partial charge on any atom is 0.106 e. The third-order valence-electron chi connectivity index (χ3n) is 2.49. The Hall–Kier alpha value is -0.300. The molecule has 0 radical (unpaired) electrons. The van der Waals surface area contributed by atoms with E-state index in [-0.39, 0.29) is 0 Å². The molecule has 1 N–H and O–H groups in total. The highest BCUT2D eigenvalue weighted by Gasteiger charge is 2.16. The highest BCUT2D eigenvalue weighted by molar-refractivity contribution is 9.10. The van der Waals surface area contributed by atoms with Gasteiger partial charge in [-0.1, -0.05) is 12.1 Å². The second-order valence-electron chi connectivity index (χ2n) is 3.76. The Morgan fingerprint density at radius 1 is 1.33 bits per heavy atom. The number of aryl methyl sites for hydroxylation is 1. The zero-order chi connectivity index (χ0) is 13.1. The van der Waals surface area contributed by atoms with Crippen LogP contribution >= 0.6 is 43.6 Å². The summed E-state index contributed by atoms with van der Waals surface area (Å²) in [5, 5.41) is 14.3. The van der Waals surface area contributed by atoms with E-state index >= 15 is 0 Å². The lowest BCUT2D eigenvalue weighted by Crippen LogP contribution is -2.08. The van der Waals surface area contributed by atoms with Crippen LogP contribution in [0.25, 0.3) is 0 Å². The van der Waals surface area contributed by atoms with Crippen LogP contribution in [0.2, 0.25) is 0 Å². The topological polar surface area (TPSA) is 38.0 Å². The van der Waals surface area contributed by atoms with Crippen LogP contribution in [-0.4, -0.2) is 20.6 Å². The maximum atomic E-state index is 10.2. The summed E-state index contributed by atoms with van der Waals surface area (Å²) in [6, 6.07) is 7.98. The first-order valence-corrected chi connectivity index (χ1v) is 7.89. The van der Waals surface area contributed by atoms with Crippen molar-refractivity contribution in [3.8, 4) is 0 Å².